The van der Waals surface area contributed by atoms with Crippen LogP contribution < -0.4 is 0 Å². The molecule has 1 aliphatic rings. The van der Waals surface area contributed by atoms with Gasteiger partial charge in [0.15, 0.2) is 6.29 Å². The number of ether oxygens (including phenoxy) is 2. The molecule has 1 aliphatic heterocycles. The smallest absolute Gasteiger partial charge is 0.163 e. The molecule has 1 heterocycles. The van der Waals surface area contributed by atoms with Gasteiger partial charge in [-0.15, -0.1) is 0 Å². The predicted octanol–water partition coefficient (Wildman–Crippen LogP) is 2.67. The van der Waals surface area contributed by atoms with Gasteiger partial charge in [0.1, 0.15) is 11.9 Å². The fourth-order valence-corrected chi connectivity index (χ4v) is 2.90. The van der Waals surface area contributed by atoms with Crippen LogP contribution in [0.5, 0.6) is 0 Å². The monoisotopic (exact) mass is 330 g/mol. The maximum Gasteiger partial charge on any atom is 0.163 e. The van der Waals surface area contributed by atoms with E-state index in [1.54, 1.807) is 0 Å². The first-order chi connectivity index (χ1) is 10.7. The van der Waals surface area contributed by atoms with Crippen molar-refractivity contribution >= 4 is 5.78 Å². The number of carbonyl (C=O) groups is 1. The first-order valence-corrected chi connectivity index (χ1v) is 8.80. The highest BCUT2D eigenvalue weighted by molar-refractivity contribution is 5.78. The van der Waals surface area contributed by atoms with Crippen molar-refractivity contribution in [1.29, 1.82) is 0 Å². The third-order valence-corrected chi connectivity index (χ3v) is 4.27. The van der Waals surface area contributed by atoms with Gasteiger partial charge in [-0.05, 0) is 24.7 Å². The molecule has 0 aromatic rings. The lowest BCUT2D eigenvalue weighted by Crippen LogP contribution is -2.54. The molecule has 23 heavy (non-hydrogen) atoms. The van der Waals surface area contributed by atoms with Crippen molar-refractivity contribution in [3.05, 3.63) is 0 Å². The molecule has 5 unspecified atom stereocenters. The van der Waals surface area contributed by atoms with E-state index in [2.05, 4.69) is 20.8 Å². The summed E-state index contributed by atoms with van der Waals surface area (Å²) < 4.78 is 11.4. The van der Waals surface area contributed by atoms with Gasteiger partial charge in [0.25, 0.3) is 0 Å². The number of carbonyl (C=O) groups excluding carboxylic acids is 1. The number of aliphatic hydroxyl groups excluding tert-OH is 2. The van der Waals surface area contributed by atoms with Gasteiger partial charge in [-0.25, -0.2) is 0 Å². The summed E-state index contributed by atoms with van der Waals surface area (Å²) in [4.78, 5) is 11.8. The van der Waals surface area contributed by atoms with Gasteiger partial charge in [-0.3, -0.25) is 4.79 Å². The standard InChI is InChI=1S/C18H34O5/c1-6-14-16(21)15(20)12(2)17(23-14)22-10-8-7-9-13(19)11-18(3,4)5/h12,14-17,20-21H,6-11H2,1-5H3. The number of aliphatic hydroxyl groups is 2. The average Bonchev–Trinajstić information content (AvgIpc) is 2.44. The highest BCUT2D eigenvalue weighted by Crippen LogP contribution is 2.28. The fourth-order valence-electron chi connectivity index (χ4n) is 2.90. The Morgan fingerprint density at radius 3 is 2.39 bits per heavy atom. The van der Waals surface area contributed by atoms with E-state index in [1.165, 1.54) is 0 Å². The molecule has 0 aliphatic carbocycles. The number of hydrogen-bond donors (Lipinski definition) is 2. The summed E-state index contributed by atoms with van der Waals surface area (Å²) in [5.74, 6) is 0.0275. The van der Waals surface area contributed by atoms with E-state index in [0.717, 1.165) is 12.8 Å². The summed E-state index contributed by atoms with van der Waals surface area (Å²) in [6.07, 6.45) is 0.849. The van der Waals surface area contributed by atoms with Crippen molar-refractivity contribution in [2.24, 2.45) is 11.3 Å². The van der Waals surface area contributed by atoms with Gasteiger partial charge < -0.3 is 19.7 Å². The molecule has 0 radical (unpaired) electrons. The summed E-state index contributed by atoms with van der Waals surface area (Å²) in [5, 5.41) is 20.0. The second-order valence-corrected chi connectivity index (χ2v) is 7.90. The van der Waals surface area contributed by atoms with Crippen LogP contribution in [0.25, 0.3) is 0 Å². The fraction of sp³-hybridized carbons (Fsp3) is 0.944. The van der Waals surface area contributed by atoms with Crippen LogP contribution in [-0.2, 0) is 14.3 Å². The Morgan fingerprint density at radius 1 is 1.17 bits per heavy atom. The maximum absolute atomic E-state index is 11.8. The molecule has 5 atom stereocenters. The largest absolute Gasteiger partial charge is 0.390 e. The van der Waals surface area contributed by atoms with Crippen LogP contribution in [0, 0.1) is 11.3 Å². The van der Waals surface area contributed by atoms with Crippen molar-refractivity contribution in [1.82, 2.24) is 0 Å². The van der Waals surface area contributed by atoms with Gasteiger partial charge in [-0.2, -0.15) is 0 Å². The number of unbranched alkanes of at least 4 members (excludes halogenated alkanes) is 1. The molecule has 5 nitrogen and oxygen atoms in total. The van der Waals surface area contributed by atoms with Crippen LogP contribution in [-0.4, -0.2) is 47.2 Å². The SMILES string of the molecule is CCC1OC(OCCCCC(=O)CC(C)(C)C)C(C)C(O)C1O. The third-order valence-electron chi connectivity index (χ3n) is 4.27. The zero-order valence-electron chi connectivity index (χ0n) is 15.2. The van der Waals surface area contributed by atoms with Crippen molar-refractivity contribution in [3.63, 3.8) is 0 Å². The second kappa shape index (κ2) is 9.11. The highest BCUT2D eigenvalue weighted by atomic mass is 16.7. The Labute approximate surface area is 140 Å². The zero-order valence-corrected chi connectivity index (χ0v) is 15.2. The van der Waals surface area contributed by atoms with Gasteiger partial charge in [0, 0.05) is 25.4 Å². The van der Waals surface area contributed by atoms with Crippen LogP contribution in [0.4, 0.5) is 0 Å². The quantitative estimate of drug-likeness (QED) is 0.669. The second-order valence-electron chi connectivity index (χ2n) is 7.90. The minimum Gasteiger partial charge on any atom is -0.390 e. The third kappa shape index (κ3) is 6.87. The Balaban J connectivity index is 2.26. The molecule has 0 aromatic carbocycles. The predicted molar refractivity (Wildman–Crippen MR) is 89.0 cm³/mol. The highest BCUT2D eigenvalue weighted by Gasteiger charge is 2.41. The Kier molecular flexibility index (Phi) is 8.14. The summed E-state index contributed by atoms with van der Waals surface area (Å²) in [6, 6.07) is 0. The van der Waals surface area contributed by atoms with E-state index in [9.17, 15) is 15.0 Å². The van der Waals surface area contributed by atoms with E-state index >= 15 is 0 Å². The molecule has 0 aromatic heterocycles. The summed E-state index contributed by atoms with van der Waals surface area (Å²) in [7, 11) is 0. The van der Waals surface area contributed by atoms with E-state index in [4.69, 9.17) is 9.47 Å². The van der Waals surface area contributed by atoms with Crippen LogP contribution in [0.15, 0.2) is 0 Å². The normalized spacial score (nSPS) is 32.0. The molecule has 1 fully saturated rings. The van der Waals surface area contributed by atoms with Crippen molar-refractivity contribution in [2.75, 3.05) is 6.61 Å². The number of ketones is 1. The Morgan fingerprint density at radius 2 is 1.83 bits per heavy atom. The molecule has 1 rings (SSSR count). The molecule has 5 heteroatoms. The molecular formula is C18H34O5. The molecule has 0 saturated carbocycles. The van der Waals surface area contributed by atoms with E-state index in [-0.39, 0.29) is 17.4 Å². The molecule has 0 bridgehead atoms. The molecular weight excluding hydrogens is 296 g/mol. The molecule has 0 spiro atoms. The van der Waals surface area contributed by atoms with Crippen LogP contribution in [0.1, 0.15) is 66.7 Å². The summed E-state index contributed by atoms with van der Waals surface area (Å²) in [6.45, 7) is 10.4. The van der Waals surface area contributed by atoms with Crippen molar-refractivity contribution < 1.29 is 24.5 Å². The summed E-state index contributed by atoms with van der Waals surface area (Å²) >= 11 is 0. The number of rotatable bonds is 8. The first kappa shape index (κ1) is 20.6. The van der Waals surface area contributed by atoms with Gasteiger partial charge in [0.05, 0.1) is 12.2 Å². The lowest BCUT2D eigenvalue weighted by Gasteiger charge is -2.41. The maximum atomic E-state index is 11.8. The van der Waals surface area contributed by atoms with Gasteiger partial charge >= 0.3 is 0 Å². The van der Waals surface area contributed by atoms with Gasteiger partial charge in [0.2, 0.25) is 0 Å². The van der Waals surface area contributed by atoms with Crippen molar-refractivity contribution in [3.8, 4) is 0 Å². The average molecular weight is 330 g/mol. The number of Topliss-reactive ketones (excluding diaryl/α,β-unsaturated/α-hetero) is 1. The lowest BCUT2D eigenvalue weighted by atomic mass is 9.88. The molecule has 2 N–H and O–H groups in total. The number of hydrogen-bond acceptors (Lipinski definition) is 5. The van der Waals surface area contributed by atoms with E-state index in [0.29, 0.717) is 31.7 Å². The van der Waals surface area contributed by atoms with Crippen molar-refractivity contribution in [2.45, 2.75) is 91.3 Å². The molecule has 136 valence electrons. The van der Waals surface area contributed by atoms with Crippen LogP contribution in [0.2, 0.25) is 0 Å². The van der Waals surface area contributed by atoms with Crippen LogP contribution in [0.3, 0.4) is 0 Å². The topological polar surface area (TPSA) is 76.0 Å². The Bertz CT molecular complexity index is 361. The minimum absolute atomic E-state index is 0.0467. The first-order valence-electron chi connectivity index (χ1n) is 8.80. The van der Waals surface area contributed by atoms with E-state index < -0.39 is 18.5 Å². The lowest BCUT2D eigenvalue weighted by molar-refractivity contribution is -0.277. The molecule has 1 saturated heterocycles. The Hall–Kier alpha value is -0.490. The van der Waals surface area contributed by atoms with Crippen LogP contribution >= 0.6 is 0 Å². The zero-order chi connectivity index (χ0) is 17.6. The minimum atomic E-state index is -0.857. The molecule has 0 amide bonds. The van der Waals surface area contributed by atoms with E-state index in [1.807, 2.05) is 13.8 Å². The summed E-state index contributed by atoms with van der Waals surface area (Å²) in [5.41, 5.74) is 0.0467. The van der Waals surface area contributed by atoms with Gasteiger partial charge in [-0.1, -0.05) is 34.6 Å².